The lowest BCUT2D eigenvalue weighted by molar-refractivity contribution is -0.116. The van der Waals surface area contributed by atoms with E-state index in [1.807, 2.05) is 48.1 Å². The van der Waals surface area contributed by atoms with Gasteiger partial charge in [-0.3, -0.25) is 4.79 Å². The fraction of sp³-hybridized carbons (Fsp3) is 0.238. The molecule has 2 N–H and O–H groups in total. The van der Waals surface area contributed by atoms with Gasteiger partial charge in [0.1, 0.15) is 0 Å². The molecule has 3 rings (SSSR count). The Morgan fingerprint density at radius 1 is 1.08 bits per heavy atom. The van der Waals surface area contributed by atoms with E-state index in [4.69, 9.17) is 0 Å². The van der Waals surface area contributed by atoms with E-state index < -0.39 is 0 Å². The number of carbonyl (C=O) groups excluding carboxylic acids is 1. The van der Waals surface area contributed by atoms with Gasteiger partial charge in [-0.15, -0.1) is 0 Å². The second kappa shape index (κ2) is 8.45. The van der Waals surface area contributed by atoms with Crippen LogP contribution in [0.1, 0.15) is 23.1 Å². The van der Waals surface area contributed by atoms with E-state index in [9.17, 15) is 4.79 Å². The summed E-state index contributed by atoms with van der Waals surface area (Å²) < 4.78 is 1.86. The van der Waals surface area contributed by atoms with Crippen LogP contribution in [-0.2, 0) is 11.3 Å². The van der Waals surface area contributed by atoms with Crippen molar-refractivity contribution in [2.75, 3.05) is 11.9 Å². The number of aromatic nitrogens is 2. The summed E-state index contributed by atoms with van der Waals surface area (Å²) in [5.41, 5.74) is 5.39. The third-order valence-electron chi connectivity index (χ3n) is 4.13. The first-order valence-corrected chi connectivity index (χ1v) is 8.78. The molecule has 0 saturated heterocycles. The van der Waals surface area contributed by atoms with Gasteiger partial charge >= 0.3 is 0 Å². The highest BCUT2D eigenvalue weighted by Gasteiger charge is 2.06. The maximum absolute atomic E-state index is 12.1. The van der Waals surface area contributed by atoms with E-state index in [1.165, 1.54) is 5.56 Å². The SMILES string of the molecule is Cc1cccc(NC(=O)CCNCc2cc(C)ccc2-n2cccn2)c1. The van der Waals surface area contributed by atoms with Crippen molar-refractivity contribution in [3.05, 3.63) is 77.6 Å². The smallest absolute Gasteiger partial charge is 0.225 e. The number of rotatable bonds is 7. The summed E-state index contributed by atoms with van der Waals surface area (Å²) in [5, 5.41) is 10.6. The van der Waals surface area contributed by atoms with Crippen LogP contribution in [0.3, 0.4) is 0 Å². The number of benzene rings is 2. The Morgan fingerprint density at radius 2 is 1.92 bits per heavy atom. The average molecular weight is 348 g/mol. The van der Waals surface area contributed by atoms with E-state index in [2.05, 4.69) is 40.9 Å². The molecule has 0 bridgehead atoms. The van der Waals surface area contributed by atoms with Gasteiger partial charge < -0.3 is 10.6 Å². The second-order valence-electron chi connectivity index (χ2n) is 6.43. The molecule has 26 heavy (non-hydrogen) atoms. The number of hydrogen-bond donors (Lipinski definition) is 2. The van der Waals surface area contributed by atoms with Gasteiger partial charge in [-0.25, -0.2) is 4.68 Å². The van der Waals surface area contributed by atoms with E-state index in [0.717, 1.165) is 22.5 Å². The monoisotopic (exact) mass is 348 g/mol. The minimum Gasteiger partial charge on any atom is -0.326 e. The van der Waals surface area contributed by atoms with Gasteiger partial charge in [0.15, 0.2) is 0 Å². The summed E-state index contributed by atoms with van der Waals surface area (Å²) in [4.78, 5) is 12.1. The molecule has 1 heterocycles. The van der Waals surface area contributed by atoms with Crippen LogP contribution in [0.15, 0.2) is 60.9 Å². The molecule has 134 valence electrons. The van der Waals surface area contributed by atoms with Gasteiger partial charge in [0.25, 0.3) is 0 Å². The van der Waals surface area contributed by atoms with Crippen molar-refractivity contribution in [2.45, 2.75) is 26.8 Å². The van der Waals surface area contributed by atoms with Crippen LogP contribution in [0.25, 0.3) is 5.69 Å². The molecule has 0 radical (unpaired) electrons. The molecule has 0 aliphatic heterocycles. The molecule has 1 amide bonds. The maximum Gasteiger partial charge on any atom is 0.225 e. The summed E-state index contributed by atoms with van der Waals surface area (Å²) in [6.07, 6.45) is 4.13. The molecule has 0 saturated carbocycles. The summed E-state index contributed by atoms with van der Waals surface area (Å²) in [6, 6.07) is 16.0. The first-order valence-electron chi connectivity index (χ1n) is 8.78. The Kier molecular flexibility index (Phi) is 5.81. The highest BCUT2D eigenvalue weighted by Crippen LogP contribution is 2.16. The van der Waals surface area contributed by atoms with Gasteiger partial charge in [0.05, 0.1) is 5.69 Å². The second-order valence-corrected chi connectivity index (χ2v) is 6.43. The highest BCUT2D eigenvalue weighted by molar-refractivity contribution is 5.90. The molecule has 0 unspecified atom stereocenters. The lowest BCUT2D eigenvalue weighted by atomic mass is 10.1. The highest BCUT2D eigenvalue weighted by atomic mass is 16.1. The number of nitrogens with zero attached hydrogens (tertiary/aromatic N) is 2. The predicted molar refractivity (Wildman–Crippen MR) is 104 cm³/mol. The van der Waals surface area contributed by atoms with Crippen LogP contribution < -0.4 is 10.6 Å². The molecule has 3 aromatic rings. The van der Waals surface area contributed by atoms with Crippen LogP contribution in [0, 0.1) is 13.8 Å². The van der Waals surface area contributed by atoms with Crippen molar-refractivity contribution >= 4 is 11.6 Å². The lowest BCUT2D eigenvalue weighted by Crippen LogP contribution is -2.22. The Balaban J connectivity index is 1.52. The lowest BCUT2D eigenvalue weighted by Gasteiger charge is -2.12. The standard InChI is InChI=1S/C21H24N4O/c1-16-5-3-6-19(14-16)24-21(26)9-11-22-15-18-13-17(2)7-8-20(18)25-12-4-10-23-25/h3-8,10,12-14,22H,9,11,15H2,1-2H3,(H,24,26). The predicted octanol–water partition coefficient (Wildman–Crippen LogP) is 3.61. The molecule has 5 nitrogen and oxygen atoms in total. The van der Waals surface area contributed by atoms with Crippen LogP contribution in [0.5, 0.6) is 0 Å². The van der Waals surface area contributed by atoms with Crippen molar-refractivity contribution < 1.29 is 4.79 Å². The Morgan fingerprint density at radius 3 is 2.69 bits per heavy atom. The zero-order chi connectivity index (χ0) is 18.4. The van der Waals surface area contributed by atoms with E-state index in [0.29, 0.717) is 19.5 Å². The number of aryl methyl sites for hydroxylation is 2. The molecule has 0 atom stereocenters. The molecule has 0 spiro atoms. The molecule has 0 aliphatic carbocycles. The number of carbonyl (C=O) groups is 1. The van der Waals surface area contributed by atoms with Gasteiger partial charge in [0, 0.05) is 37.6 Å². The Labute approximate surface area is 154 Å². The van der Waals surface area contributed by atoms with Crippen LogP contribution in [0.4, 0.5) is 5.69 Å². The zero-order valence-corrected chi connectivity index (χ0v) is 15.2. The average Bonchev–Trinajstić information content (AvgIpc) is 3.13. The minimum atomic E-state index is 0.0136. The van der Waals surface area contributed by atoms with Crippen molar-refractivity contribution in [2.24, 2.45) is 0 Å². The fourth-order valence-electron chi connectivity index (χ4n) is 2.86. The summed E-state index contributed by atoms with van der Waals surface area (Å²) in [6.45, 7) is 5.39. The van der Waals surface area contributed by atoms with E-state index in [-0.39, 0.29) is 5.91 Å². The normalized spacial score (nSPS) is 10.7. The Hall–Kier alpha value is -2.92. The Bertz CT molecular complexity index is 871. The van der Waals surface area contributed by atoms with E-state index in [1.54, 1.807) is 6.20 Å². The molecular weight excluding hydrogens is 324 g/mol. The van der Waals surface area contributed by atoms with Crippen molar-refractivity contribution in [3.63, 3.8) is 0 Å². The largest absolute Gasteiger partial charge is 0.326 e. The van der Waals surface area contributed by atoms with Gasteiger partial charge in [0.2, 0.25) is 5.91 Å². The fourth-order valence-corrected chi connectivity index (χ4v) is 2.86. The topological polar surface area (TPSA) is 59.0 Å². The zero-order valence-electron chi connectivity index (χ0n) is 15.2. The molecule has 1 aromatic heterocycles. The van der Waals surface area contributed by atoms with Crippen LogP contribution in [-0.4, -0.2) is 22.2 Å². The minimum absolute atomic E-state index is 0.0136. The molecule has 2 aromatic carbocycles. The number of nitrogens with one attached hydrogen (secondary N) is 2. The number of hydrogen-bond acceptors (Lipinski definition) is 3. The molecule has 0 aliphatic rings. The van der Waals surface area contributed by atoms with Crippen molar-refractivity contribution in [1.82, 2.24) is 15.1 Å². The van der Waals surface area contributed by atoms with E-state index >= 15 is 0 Å². The van der Waals surface area contributed by atoms with Crippen LogP contribution in [0.2, 0.25) is 0 Å². The number of anilines is 1. The third-order valence-corrected chi connectivity index (χ3v) is 4.13. The van der Waals surface area contributed by atoms with Crippen molar-refractivity contribution in [3.8, 4) is 5.69 Å². The summed E-state index contributed by atoms with van der Waals surface area (Å²) in [7, 11) is 0. The summed E-state index contributed by atoms with van der Waals surface area (Å²) >= 11 is 0. The van der Waals surface area contributed by atoms with Gasteiger partial charge in [-0.2, -0.15) is 5.10 Å². The van der Waals surface area contributed by atoms with Crippen molar-refractivity contribution in [1.29, 1.82) is 0 Å². The molecule has 0 fully saturated rings. The third kappa shape index (κ3) is 4.80. The maximum atomic E-state index is 12.1. The molecular formula is C21H24N4O. The summed E-state index contributed by atoms with van der Waals surface area (Å²) in [5.74, 6) is 0.0136. The quantitative estimate of drug-likeness (QED) is 0.641. The molecule has 5 heteroatoms. The number of amides is 1. The van der Waals surface area contributed by atoms with Gasteiger partial charge in [-0.1, -0.05) is 29.8 Å². The first kappa shape index (κ1) is 17.9. The first-order chi connectivity index (χ1) is 12.6. The van der Waals surface area contributed by atoms with Gasteiger partial charge in [-0.05, 0) is 49.2 Å². The van der Waals surface area contributed by atoms with Crippen LogP contribution >= 0.6 is 0 Å².